The van der Waals surface area contributed by atoms with E-state index < -0.39 is 0 Å². The molecule has 0 aliphatic carbocycles. The summed E-state index contributed by atoms with van der Waals surface area (Å²) < 4.78 is 12.8. The van der Waals surface area contributed by atoms with Crippen molar-refractivity contribution in [3.63, 3.8) is 0 Å². The van der Waals surface area contributed by atoms with Gasteiger partial charge in [-0.25, -0.2) is 4.39 Å². The lowest BCUT2D eigenvalue weighted by Gasteiger charge is -2.02. The fourth-order valence-corrected chi connectivity index (χ4v) is 2.00. The molecule has 20 heavy (non-hydrogen) atoms. The number of nitrogens with zero attached hydrogens (tertiary/aromatic N) is 2. The van der Waals surface area contributed by atoms with Crippen molar-refractivity contribution in [2.45, 2.75) is 6.42 Å². The van der Waals surface area contributed by atoms with E-state index in [4.69, 9.17) is 0 Å². The number of aromatic nitrogens is 2. The molecule has 0 spiro atoms. The Balaban J connectivity index is 1.85. The number of carbonyl (C=O) groups is 1. The van der Waals surface area contributed by atoms with Crippen molar-refractivity contribution in [3.05, 3.63) is 71.8 Å². The normalized spacial score (nSPS) is 10.7. The quantitative estimate of drug-likeness (QED) is 0.684. The Bertz CT molecular complexity index is 769. The third kappa shape index (κ3) is 2.54. The molecule has 0 fully saturated rings. The summed E-state index contributed by atoms with van der Waals surface area (Å²) in [4.78, 5) is 20.7. The zero-order valence-electron chi connectivity index (χ0n) is 10.6. The predicted octanol–water partition coefficient (Wildman–Crippen LogP) is 3.19. The molecule has 98 valence electrons. The highest BCUT2D eigenvalue weighted by Gasteiger charge is 2.08. The van der Waals surface area contributed by atoms with Crippen molar-refractivity contribution in [1.82, 2.24) is 9.97 Å². The number of hydrogen-bond donors (Lipinski definition) is 0. The number of benzene rings is 1. The maximum absolute atomic E-state index is 12.8. The van der Waals surface area contributed by atoms with Crippen LogP contribution in [-0.4, -0.2) is 15.8 Å². The lowest BCUT2D eigenvalue weighted by Crippen LogP contribution is -2.05. The van der Waals surface area contributed by atoms with Gasteiger partial charge in [0.25, 0.3) is 0 Å². The number of rotatable bonds is 3. The summed E-state index contributed by atoms with van der Waals surface area (Å²) in [7, 11) is 0. The largest absolute Gasteiger partial charge is 0.294 e. The highest BCUT2D eigenvalue weighted by atomic mass is 19.1. The monoisotopic (exact) mass is 266 g/mol. The molecule has 3 nitrogen and oxygen atoms in total. The molecule has 0 saturated carbocycles. The average molecular weight is 266 g/mol. The van der Waals surface area contributed by atoms with Gasteiger partial charge >= 0.3 is 0 Å². The SMILES string of the molecule is O=C(Cc1ccc2ncccc2n1)c1ccc(F)cc1. The van der Waals surface area contributed by atoms with Gasteiger partial charge in [0.2, 0.25) is 0 Å². The van der Waals surface area contributed by atoms with E-state index in [0.29, 0.717) is 11.3 Å². The van der Waals surface area contributed by atoms with Gasteiger partial charge in [0.1, 0.15) is 5.82 Å². The van der Waals surface area contributed by atoms with Gasteiger partial charge in [-0.3, -0.25) is 14.8 Å². The van der Waals surface area contributed by atoms with Crippen molar-refractivity contribution < 1.29 is 9.18 Å². The maximum Gasteiger partial charge on any atom is 0.168 e. The van der Waals surface area contributed by atoms with Crippen molar-refractivity contribution in [2.75, 3.05) is 0 Å². The number of ketones is 1. The van der Waals surface area contributed by atoms with E-state index in [-0.39, 0.29) is 18.0 Å². The zero-order chi connectivity index (χ0) is 13.9. The summed E-state index contributed by atoms with van der Waals surface area (Å²) in [5.41, 5.74) is 2.72. The van der Waals surface area contributed by atoms with E-state index >= 15 is 0 Å². The number of Topliss-reactive ketones (excluding diaryl/α,β-unsaturated/α-hetero) is 1. The Morgan fingerprint density at radius 1 is 1.00 bits per heavy atom. The van der Waals surface area contributed by atoms with Crippen LogP contribution in [-0.2, 0) is 6.42 Å². The van der Waals surface area contributed by atoms with Crippen LogP contribution in [0.2, 0.25) is 0 Å². The second kappa shape index (κ2) is 5.17. The molecule has 0 unspecified atom stereocenters. The first-order valence-corrected chi connectivity index (χ1v) is 6.22. The molecule has 2 aromatic heterocycles. The van der Waals surface area contributed by atoms with Gasteiger partial charge in [-0.05, 0) is 48.5 Å². The molecular weight excluding hydrogens is 255 g/mol. The van der Waals surface area contributed by atoms with E-state index in [9.17, 15) is 9.18 Å². The third-order valence-corrected chi connectivity index (χ3v) is 3.02. The first-order chi connectivity index (χ1) is 9.72. The molecule has 0 radical (unpaired) electrons. The molecule has 2 heterocycles. The Morgan fingerprint density at radius 3 is 2.60 bits per heavy atom. The third-order valence-electron chi connectivity index (χ3n) is 3.02. The lowest BCUT2D eigenvalue weighted by molar-refractivity contribution is 0.0992. The Morgan fingerprint density at radius 2 is 1.80 bits per heavy atom. The lowest BCUT2D eigenvalue weighted by atomic mass is 10.1. The van der Waals surface area contributed by atoms with E-state index in [2.05, 4.69) is 9.97 Å². The van der Waals surface area contributed by atoms with Crippen LogP contribution in [0.3, 0.4) is 0 Å². The van der Waals surface area contributed by atoms with Crippen molar-refractivity contribution >= 4 is 16.8 Å². The van der Waals surface area contributed by atoms with Crippen LogP contribution in [0.25, 0.3) is 11.0 Å². The molecule has 4 heteroatoms. The second-order valence-corrected chi connectivity index (χ2v) is 4.45. The van der Waals surface area contributed by atoms with Crippen LogP contribution in [0.5, 0.6) is 0 Å². The second-order valence-electron chi connectivity index (χ2n) is 4.45. The van der Waals surface area contributed by atoms with E-state index in [1.165, 1.54) is 24.3 Å². The number of carbonyl (C=O) groups excluding carboxylic acids is 1. The maximum atomic E-state index is 12.8. The molecule has 0 aliphatic rings. The average Bonchev–Trinajstić information content (AvgIpc) is 2.48. The van der Waals surface area contributed by atoms with Crippen LogP contribution < -0.4 is 0 Å². The van der Waals surface area contributed by atoms with Crippen LogP contribution in [0.15, 0.2) is 54.7 Å². The Labute approximate surface area is 115 Å². The van der Waals surface area contributed by atoms with Crippen molar-refractivity contribution in [1.29, 1.82) is 0 Å². The summed E-state index contributed by atoms with van der Waals surface area (Å²) in [6, 6.07) is 12.8. The number of fused-ring (bicyclic) bond motifs is 1. The molecule has 0 N–H and O–H groups in total. The molecular formula is C16H11FN2O. The van der Waals surface area contributed by atoms with Gasteiger partial charge in [0.05, 0.1) is 17.5 Å². The molecule has 0 amide bonds. The Kier molecular flexibility index (Phi) is 3.21. The van der Waals surface area contributed by atoms with Crippen LogP contribution >= 0.6 is 0 Å². The predicted molar refractivity (Wildman–Crippen MR) is 74.0 cm³/mol. The van der Waals surface area contributed by atoms with Gasteiger partial charge in [0, 0.05) is 17.5 Å². The van der Waals surface area contributed by atoms with E-state index in [1.54, 1.807) is 18.3 Å². The van der Waals surface area contributed by atoms with Gasteiger partial charge < -0.3 is 0 Å². The first-order valence-electron chi connectivity index (χ1n) is 6.22. The topological polar surface area (TPSA) is 42.9 Å². The highest BCUT2D eigenvalue weighted by molar-refractivity contribution is 5.97. The molecule has 0 bridgehead atoms. The minimum atomic E-state index is -0.351. The Hall–Kier alpha value is -2.62. The number of pyridine rings is 2. The van der Waals surface area contributed by atoms with Gasteiger partial charge in [-0.2, -0.15) is 0 Å². The van der Waals surface area contributed by atoms with Crippen LogP contribution in [0.4, 0.5) is 4.39 Å². The van der Waals surface area contributed by atoms with Gasteiger partial charge in [0.15, 0.2) is 5.78 Å². The van der Waals surface area contributed by atoms with Gasteiger partial charge in [-0.1, -0.05) is 0 Å². The minimum Gasteiger partial charge on any atom is -0.294 e. The zero-order valence-corrected chi connectivity index (χ0v) is 10.6. The van der Waals surface area contributed by atoms with Crippen LogP contribution in [0.1, 0.15) is 16.1 Å². The number of halogens is 1. The smallest absolute Gasteiger partial charge is 0.168 e. The fraction of sp³-hybridized carbons (Fsp3) is 0.0625. The van der Waals surface area contributed by atoms with Crippen LogP contribution in [0, 0.1) is 5.82 Å². The summed E-state index contributed by atoms with van der Waals surface area (Å²) in [5, 5.41) is 0. The standard InChI is InChI=1S/C16H11FN2O/c17-12-5-3-11(4-6-12)16(20)10-13-7-8-14-15(19-13)2-1-9-18-14/h1-9H,10H2. The summed E-state index contributed by atoms with van der Waals surface area (Å²) in [6.45, 7) is 0. The van der Waals surface area contributed by atoms with E-state index in [1.807, 2.05) is 12.1 Å². The molecule has 1 aromatic carbocycles. The number of hydrogen-bond acceptors (Lipinski definition) is 3. The molecule has 0 aliphatic heterocycles. The molecule has 0 atom stereocenters. The van der Waals surface area contributed by atoms with Gasteiger partial charge in [-0.15, -0.1) is 0 Å². The molecule has 3 rings (SSSR count). The molecule has 3 aromatic rings. The highest BCUT2D eigenvalue weighted by Crippen LogP contribution is 2.12. The summed E-state index contributed by atoms with van der Waals surface area (Å²) >= 11 is 0. The fourth-order valence-electron chi connectivity index (χ4n) is 2.00. The molecule has 0 saturated heterocycles. The van der Waals surface area contributed by atoms with Crippen molar-refractivity contribution in [2.24, 2.45) is 0 Å². The van der Waals surface area contributed by atoms with Crippen molar-refractivity contribution in [3.8, 4) is 0 Å². The minimum absolute atomic E-state index is 0.0826. The first kappa shape index (κ1) is 12.4. The summed E-state index contributed by atoms with van der Waals surface area (Å²) in [5.74, 6) is -0.433. The van der Waals surface area contributed by atoms with E-state index in [0.717, 1.165) is 11.0 Å². The summed E-state index contributed by atoms with van der Waals surface area (Å²) in [6.07, 6.45) is 1.89.